The molecule has 1 aliphatic rings. The fourth-order valence-corrected chi connectivity index (χ4v) is 3.00. The molecule has 1 aromatic heterocycles. The molecule has 0 aliphatic heterocycles. The van der Waals surface area contributed by atoms with Crippen LogP contribution in [0.15, 0.2) is 47.4 Å². The molecule has 2 aromatic rings. The van der Waals surface area contributed by atoms with Gasteiger partial charge in [0.05, 0.1) is 12.1 Å². The fourth-order valence-electron chi connectivity index (χ4n) is 3.00. The Labute approximate surface area is 146 Å². The molecule has 0 bridgehead atoms. The molecule has 0 saturated heterocycles. The van der Waals surface area contributed by atoms with E-state index in [1.54, 1.807) is 12.1 Å². The molecule has 0 fully saturated rings. The van der Waals surface area contributed by atoms with Gasteiger partial charge in [-0.1, -0.05) is 24.3 Å². The van der Waals surface area contributed by atoms with E-state index in [0.717, 1.165) is 17.3 Å². The van der Waals surface area contributed by atoms with Crippen LogP contribution in [0.25, 0.3) is 0 Å². The third kappa shape index (κ3) is 3.88. The molecule has 3 rings (SSSR count). The number of aliphatic hydroxyl groups is 1. The first-order valence-corrected chi connectivity index (χ1v) is 7.84. The second kappa shape index (κ2) is 6.83. The number of aromatic nitrogens is 1. The van der Waals surface area contributed by atoms with Crippen LogP contribution >= 0.6 is 0 Å². The van der Waals surface area contributed by atoms with E-state index in [-0.39, 0.29) is 5.69 Å². The van der Waals surface area contributed by atoms with E-state index in [9.17, 15) is 27.9 Å². The number of alkyl halides is 3. The molecule has 6 nitrogen and oxygen atoms in total. The Kier molecular flexibility index (Phi) is 4.73. The highest BCUT2D eigenvalue weighted by atomic mass is 19.4. The third-order valence-corrected chi connectivity index (χ3v) is 4.11. The van der Waals surface area contributed by atoms with Crippen molar-refractivity contribution < 1.29 is 23.1 Å². The second-order valence-electron chi connectivity index (χ2n) is 6.02. The van der Waals surface area contributed by atoms with Crippen molar-refractivity contribution in [3.05, 3.63) is 64.1 Å². The summed E-state index contributed by atoms with van der Waals surface area (Å²) in [6.45, 7) is -1.45. The minimum Gasteiger partial charge on any atom is -0.390 e. The maximum absolute atomic E-state index is 12.5. The van der Waals surface area contributed by atoms with Gasteiger partial charge in [0.25, 0.3) is 5.56 Å². The summed E-state index contributed by atoms with van der Waals surface area (Å²) in [5, 5.41) is 14.9. The third-order valence-electron chi connectivity index (χ3n) is 4.11. The summed E-state index contributed by atoms with van der Waals surface area (Å²) in [5.74, 6) is 0. The van der Waals surface area contributed by atoms with Crippen molar-refractivity contribution in [3.63, 3.8) is 0 Å². The van der Waals surface area contributed by atoms with Crippen molar-refractivity contribution in [2.45, 2.75) is 31.3 Å². The van der Waals surface area contributed by atoms with Crippen LogP contribution in [-0.4, -0.2) is 28.0 Å². The van der Waals surface area contributed by atoms with Gasteiger partial charge in [-0.25, -0.2) is 4.79 Å². The number of hydrogen-bond acceptors (Lipinski definition) is 3. The highest BCUT2D eigenvalue weighted by Gasteiger charge is 2.32. The number of carbonyl (C=O) groups excluding carboxylic acids is 1. The first kappa shape index (κ1) is 18.0. The van der Waals surface area contributed by atoms with E-state index < -0.39 is 36.5 Å². The van der Waals surface area contributed by atoms with Gasteiger partial charge in [-0.15, -0.1) is 0 Å². The summed E-state index contributed by atoms with van der Waals surface area (Å²) in [7, 11) is 0. The Morgan fingerprint density at radius 2 is 1.96 bits per heavy atom. The Bertz CT molecular complexity index is 879. The first-order valence-electron chi connectivity index (χ1n) is 7.84. The topological polar surface area (TPSA) is 83.4 Å². The minimum absolute atomic E-state index is 0.282. The molecule has 1 aromatic carbocycles. The molecule has 1 aliphatic carbocycles. The highest BCUT2D eigenvalue weighted by molar-refractivity contribution is 5.89. The second-order valence-corrected chi connectivity index (χ2v) is 6.02. The smallest absolute Gasteiger partial charge is 0.390 e. The molecule has 0 spiro atoms. The van der Waals surface area contributed by atoms with Gasteiger partial charge in [-0.3, -0.25) is 4.79 Å². The molecular formula is C17H16F3N3O3. The zero-order valence-corrected chi connectivity index (χ0v) is 13.5. The number of halogens is 3. The van der Waals surface area contributed by atoms with Gasteiger partial charge in [0.15, 0.2) is 0 Å². The van der Waals surface area contributed by atoms with Gasteiger partial charge in [0.2, 0.25) is 0 Å². The molecule has 3 N–H and O–H groups in total. The number of amides is 2. The highest BCUT2D eigenvalue weighted by Crippen LogP contribution is 2.31. The summed E-state index contributed by atoms with van der Waals surface area (Å²) in [4.78, 5) is 24.2. The van der Waals surface area contributed by atoms with E-state index in [1.165, 1.54) is 12.1 Å². The quantitative estimate of drug-likeness (QED) is 0.778. The van der Waals surface area contributed by atoms with Crippen LogP contribution in [0.3, 0.4) is 0 Å². The largest absolute Gasteiger partial charge is 0.406 e. The van der Waals surface area contributed by atoms with Crippen molar-refractivity contribution in [1.82, 2.24) is 9.88 Å². The summed E-state index contributed by atoms with van der Waals surface area (Å²) >= 11 is 0. The summed E-state index contributed by atoms with van der Waals surface area (Å²) < 4.78 is 37.9. The molecule has 26 heavy (non-hydrogen) atoms. The molecule has 0 unspecified atom stereocenters. The number of hydrogen-bond donors (Lipinski definition) is 3. The van der Waals surface area contributed by atoms with E-state index in [1.807, 2.05) is 12.1 Å². The van der Waals surface area contributed by atoms with Crippen LogP contribution < -0.4 is 16.2 Å². The van der Waals surface area contributed by atoms with Crippen LogP contribution in [0.5, 0.6) is 0 Å². The Balaban J connectivity index is 1.73. The number of urea groups is 1. The molecular weight excluding hydrogens is 351 g/mol. The zero-order chi connectivity index (χ0) is 18.9. The number of anilines is 1. The predicted octanol–water partition coefficient (Wildman–Crippen LogP) is 2.19. The van der Waals surface area contributed by atoms with Crippen molar-refractivity contribution in [2.24, 2.45) is 0 Å². The average molecular weight is 367 g/mol. The van der Waals surface area contributed by atoms with Crippen LogP contribution in [0.4, 0.5) is 23.7 Å². The van der Waals surface area contributed by atoms with Gasteiger partial charge >= 0.3 is 12.2 Å². The maximum atomic E-state index is 12.5. The standard InChI is InChI=1S/C17H16F3N3O3/c18-17(19,20)9-23-7-3-6-12(15(23)25)21-16(26)22-14-11-5-2-1-4-10(11)8-13(14)24/h1-7,13-14,24H,8-9H2,(H2,21,22,26)/t13-,14+/m0/s1. The van der Waals surface area contributed by atoms with Crippen LogP contribution in [0, 0.1) is 0 Å². The number of nitrogens with zero attached hydrogens (tertiary/aromatic N) is 1. The molecule has 0 radical (unpaired) electrons. The van der Waals surface area contributed by atoms with Crippen molar-refractivity contribution in [3.8, 4) is 0 Å². The zero-order valence-electron chi connectivity index (χ0n) is 13.5. The summed E-state index contributed by atoms with van der Waals surface area (Å²) in [6, 6.07) is 8.22. The molecule has 1 heterocycles. The molecule has 2 amide bonds. The molecule has 138 valence electrons. The summed E-state index contributed by atoms with van der Waals surface area (Å²) in [6.07, 6.45) is -4.00. The maximum Gasteiger partial charge on any atom is 0.406 e. The van der Waals surface area contributed by atoms with Gasteiger partial charge in [0, 0.05) is 12.6 Å². The Morgan fingerprint density at radius 1 is 1.23 bits per heavy atom. The number of rotatable bonds is 3. The van der Waals surface area contributed by atoms with Crippen LogP contribution in [0.2, 0.25) is 0 Å². The van der Waals surface area contributed by atoms with Gasteiger partial charge < -0.3 is 20.3 Å². The number of aliphatic hydroxyl groups excluding tert-OH is 1. The van der Waals surface area contributed by atoms with Gasteiger partial charge in [-0.05, 0) is 23.3 Å². The molecule has 2 atom stereocenters. The van der Waals surface area contributed by atoms with Gasteiger partial charge in [0.1, 0.15) is 12.2 Å². The Morgan fingerprint density at radius 3 is 2.69 bits per heavy atom. The Hall–Kier alpha value is -2.81. The van der Waals surface area contributed by atoms with E-state index >= 15 is 0 Å². The fraction of sp³-hybridized carbons (Fsp3) is 0.294. The van der Waals surface area contributed by atoms with Crippen molar-refractivity contribution >= 4 is 11.7 Å². The first-order chi connectivity index (χ1) is 12.2. The van der Waals surface area contributed by atoms with E-state index in [0.29, 0.717) is 11.0 Å². The lowest BCUT2D eigenvalue weighted by Gasteiger charge is -2.18. The van der Waals surface area contributed by atoms with E-state index in [4.69, 9.17) is 0 Å². The lowest BCUT2D eigenvalue weighted by molar-refractivity contribution is -0.141. The monoisotopic (exact) mass is 367 g/mol. The SMILES string of the molecule is O=C(Nc1cccn(CC(F)(F)F)c1=O)N[C@@H]1c2ccccc2C[C@@H]1O. The van der Waals surface area contributed by atoms with Gasteiger partial charge in [-0.2, -0.15) is 13.2 Å². The number of benzene rings is 1. The number of carbonyl (C=O) groups is 1. The number of fused-ring (bicyclic) bond motifs is 1. The lowest BCUT2D eigenvalue weighted by Crippen LogP contribution is -2.38. The molecule has 0 saturated carbocycles. The van der Waals surface area contributed by atoms with Crippen LogP contribution in [0.1, 0.15) is 17.2 Å². The van der Waals surface area contributed by atoms with Crippen molar-refractivity contribution in [1.29, 1.82) is 0 Å². The van der Waals surface area contributed by atoms with E-state index in [2.05, 4.69) is 10.6 Å². The van der Waals surface area contributed by atoms with Crippen LogP contribution in [-0.2, 0) is 13.0 Å². The number of nitrogens with one attached hydrogen (secondary N) is 2. The lowest BCUT2D eigenvalue weighted by atomic mass is 10.1. The number of pyridine rings is 1. The summed E-state index contributed by atoms with van der Waals surface area (Å²) in [5.41, 5.74) is 0.414. The molecule has 9 heteroatoms. The van der Waals surface area contributed by atoms with Crippen molar-refractivity contribution in [2.75, 3.05) is 5.32 Å². The predicted molar refractivity (Wildman–Crippen MR) is 87.8 cm³/mol. The minimum atomic E-state index is -4.55. The average Bonchev–Trinajstić information content (AvgIpc) is 2.86. The normalized spacial score (nSPS) is 19.1.